The Morgan fingerprint density at radius 2 is 2.04 bits per heavy atom. The zero-order valence-electron chi connectivity index (χ0n) is 15.9. The van der Waals surface area contributed by atoms with Crippen LogP contribution in [0.25, 0.3) is 0 Å². The van der Waals surface area contributed by atoms with Crippen molar-refractivity contribution >= 4 is 35.1 Å². The van der Waals surface area contributed by atoms with E-state index in [1.165, 1.54) is 6.21 Å². The van der Waals surface area contributed by atoms with E-state index in [0.29, 0.717) is 39.9 Å². The summed E-state index contributed by atoms with van der Waals surface area (Å²) < 4.78 is 5.30. The van der Waals surface area contributed by atoms with E-state index in [-0.39, 0.29) is 11.3 Å². The van der Waals surface area contributed by atoms with Gasteiger partial charge in [0.1, 0.15) is 11.6 Å². The monoisotopic (exact) mass is 378 g/mol. The molecule has 1 aromatic carbocycles. The van der Waals surface area contributed by atoms with E-state index in [4.69, 9.17) is 15.7 Å². The van der Waals surface area contributed by atoms with Gasteiger partial charge in [0.2, 0.25) is 0 Å². The molecule has 0 saturated heterocycles. The highest BCUT2D eigenvalue weighted by Gasteiger charge is 2.21. The molecule has 3 aromatic rings. The number of nitrogens with one attached hydrogen (secondary N) is 3. The molecule has 0 bridgehead atoms. The normalized spacial score (nSPS) is 11.1. The quantitative estimate of drug-likeness (QED) is 0.393. The van der Waals surface area contributed by atoms with Crippen molar-refractivity contribution in [2.24, 2.45) is 0 Å². The number of nitrogens with two attached hydrogens (primary N) is 1. The Kier molecular flexibility index (Phi) is 5.12. The Balaban J connectivity index is 1.81. The molecule has 2 aromatic heterocycles. The fourth-order valence-corrected chi connectivity index (χ4v) is 2.48. The van der Waals surface area contributed by atoms with Crippen molar-refractivity contribution in [3.8, 4) is 0 Å². The number of rotatable bonds is 5. The molecule has 8 nitrogen and oxygen atoms in total. The first-order valence-corrected chi connectivity index (χ1v) is 8.68. The molecule has 0 aliphatic heterocycles. The highest BCUT2D eigenvalue weighted by atomic mass is 16.5. The molecule has 0 aliphatic rings. The van der Waals surface area contributed by atoms with Crippen molar-refractivity contribution in [3.63, 3.8) is 0 Å². The summed E-state index contributed by atoms with van der Waals surface area (Å²) in [6, 6.07) is 10.2. The number of carbonyl (C=O) groups excluding carboxylic acids is 1. The Labute approximate surface area is 162 Å². The van der Waals surface area contributed by atoms with Crippen LogP contribution in [0.15, 0.2) is 47.1 Å². The van der Waals surface area contributed by atoms with Gasteiger partial charge in [-0.25, -0.2) is 4.98 Å². The summed E-state index contributed by atoms with van der Waals surface area (Å²) >= 11 is 0. The van der Waals surface area contributed by atoms with Gasteiger partial charge in [-0.1, -0.05) is 25.9 Å². The Bertz CT molecular complexity index is 1020. The number of pyridine rings is 1. The van der Waals surface area contributed by atoms with E-state index in [9.17, 15) is 4.79 Å². The van der Waals surface area contributed by atoms with Gasteiger partial charge in [0, 0.05) is 40.8 Å². The van der Waals surface area contributed by atoms with E-state index < -0.39 is 0 Å². The maximum Gasteiger partial charge on any atom is 0.260 e. The molecule has 0 saturated carbocycles. The highest BCUT2D eigenvalue weighted by molar-refractivity contribution is 6.07. The lowest BCUT2D eigenvalue weighted by Crippen LogP contribution is -2.15. The van der Waals surface area contributed by atoms with Gasteiger partial charge >= 0.3 is 0 Å². The van der Waals surface area contributed by atoms with Crippen molar-refractivity contribution in [2.75, 3.05) is 16.4 Å². The zero-order chi connectivity index (χ0) is 20.3. The van der Waals surface area contributed by atoms with Crippen molar-refractivity contribution in [1.82, 2.24) is 10.1 Å². The summed E-state index contributed by atoms with van der Waals surface area (Å²) in [7, 11) is 0. The van der Waals surface area contributed by atoms with Crippen LogP contribution in [0.1, 0.15) is 42.5 Å². The molecule has 3 rings (SSSR count). The lowest BCUT2D eigenvalue weighted by Gasteiger charge is -2.12. The van der Waals surface area contributed by atoms with Crippen LogP contribution in [0.2, 0.25) is 0 Å². The smallest absolute Gasteiger partial charge is 0.260 e. The molecule has 0 fully saturated rings. The summed E-state index contributed by atoms with van der Waals surface area (Å²) in [5.41, 5.74) is 7.78. The van der Waals surface area contributed by atoms with Crippen LogP contribution in [-0.2, 0) is 5.41 Å². The average Bonchev–Trinajstić information content (AvgIpc) is 3.11. The number of nitrogens with zero attached hydrogens (tertiary/aromatic N) is 2. The maximum atomic E-state index is 12.7. The first kappa shape index (κ1) is 19.1. The highest BCUT2D eigenvalue weighted by Crippen LogP contribution is 2.26. The van der Waals surface area contributed by atoms with E-state index in [1.807, 2.05) is 20.8 Å². The molecule has 0 aliphatic carbocycles. The second-order valence-corrected chi connectivity index (χ2v) is 7.29. The second kappa shape index (κ2) is 7.51. The molecule has 5 N–H and O–H groups in total. The summed E-state index contributed by atoms with van der Waals surface area (Å²) in [6.07, 6.45) is 2.77. The number of amides is 1. The number of hydrogen-bond donors (Lipinski definition) is 4. The van der Waals surface area contributed by atoms with Crippen LogP contribution in [0, 0.1) is 5.41 Å². The third-order valence-corrected chi connectivity index (χ3v) is 4.05. The predicted octanol–water partition coefficient (Wildman–Crippen LogP) is 3.94. The standard InChI is InChI=1S/C20H22N6O2/c1-20(2,3)16-10-17(26-28-16)25-19(27)14-5-4-8-23-18(14)24-13-7-6-12(11-21)15(22)9-13/h4-11,21H,22H2,1-3H3,(H,23,24)(H,25,26,27). The molecule has 0 spiro atoms. The van der Waals surface area contributed by atoms with Crippen LogP contribution in [0.3, 0.4) is 0 Å². The third kappa shape index (κ3) is 4.17. The second-order valence-electron chi connectivity index (χ2n) is 7.29. The topological polar surface area (TPSA) is 130 Å². The van der Waals surface area contributed by atoms with Crippen LogP contribution in [0.4, 0.5) is 23.0 Å². The molecular formula is C20H22N6O2. The summed E-state index contributed by atoms with van der Waals surface area (Å²) in [4.78, 5) is 17.0. The van der Waals surface area contributed by atoms with Crippen LogP contribution < -0.4 is 16.4 Å². The minimum atomic E-state index is -0.367. The van der Waals surface area contributed by atoms with Crippen LogP contribution in [0.5, 0.6) is 0 Å². The van der Waals surface area contributed by atoms with Crippen molar-refractivity contribution in [2.45, 2.75) is 26.2 Å². The van der Waals surface area contributed by atoms with Gasteiger partial charge in [-0.2, -0.15) is 0 Å². The number of aromatic nitrogens is 2. The minimum Gasteiger partial charge on any atom is -0.398 e. The van der Waals surface area contributed by atoms with Gasteiger partial charge in [-0.3, -0.25) is 4.79 Å². The van der Waals surface area contributed by atoms with Gasteiger partial charge in [-0.15, -0.1) is 0 Å². The van der Waals surface area contributed by atoms with Crippen molar-refractivity contribution in [3.05, 3.63) is 59.5 Å². The number of hydrogen-bond acceptors (Lipinski definition) is 7. The fourth-order valence-electron chi connectivity index (χ4n) is 2.48. The molecule has 1 amide bonds. The largest absolute Gasteiger partial charge is 0.398 e. The molecule has 0 atom stereocenters. The predicted molar refractivity (Wildman–Crippen MR) is 109 cm³/mol. The van der Waals surface area contributed by atoms with Gasteiger partial charge in [-0.05, 0) is 30.3 Å². The molecule has 28 heavy (non-hydrogen) atoms. The van der Waals surface area contributed by atoms with Crippen LogP contribution >= 0.6 is 0 Å². The number of benzene rings is 1. The van der Waals surface area contributed by atoms with Gasteiger partial charge in [0.25, 0.3) is 5.91 Å². The molecule has 144 valence electrons. The molecule has 2 heterocycles. The van der Waals surface area contributed by atoms with Crippen molar-refractivity contribution < 1.29 is 9.32 Å². The number of carbonyl (C=O) groups is 1. The Morgan fingerprint density at radius 3 is 2.68 bits per heavy atom. The zero-order valence-corrected chi connectivity index (χ0v) is 15.9. The Morgan fingerprint density at radius 1 is 1.25 bits per heavy atom. The summed E-state index contributed by atoms with van der Waals surface area (Å²) in [5, 5.41) is 17.0. The number of anilines is 4. The maximum absolute atomic E-state index is 12.7. The van der Waals surface area contributed by atoms with E-state index in [0.717, 1.165) is 0 Å². The van der Waals surface area contributed by atoms with Crippen LogP contribution in [-0.4, -0.2) is 22.3 Å². The van der Waals surface area contributed by atoms with Gasteiger partial charge in [0.15, 0.2) is 5.82 Å². The molecule has 0 unspecified atom stereocenters. The number of nitrogen functional groups attached to an aromatic ring is 1. The molecular weight excluding hydrogens is 356 g/mol. The van der Waals surface area contributed by atoms with Crippen molar-refractivity contribution in [1.29, 1.82) is 5.41 Å². The van der Waals surface area contributed by atoms with E-state index in [1.54, 1.807) is 42.6 Å². The first-order valence-electron chi connectivity index (χ1n) is 8.68. The van der Waals surface area contributed by atoms with E-state index in [2.05, 4.69) is 20.8 Å². The lowest BCUT2D eigenvalue weighted by atomic mass is 9.93. The SMILES string of the molecule is CC(C)(C)c1cc(NC(=O)c2cccnc2Nc2ccc(C=N)c(N)c2)no1. The fraction of sp³-hybridized carbons (Fsp3) is 0.200. The Hall–Kier alpha value is -3.68. The first-order chi connectivity index (χ1) is 13.3. The average molecular weight is 378 g/mol. The molecule has 0 radical (unpaired) electrons. The van der Waals surface area contributed by atoms with E-state index >= 15 is 0 Å². The molecule has 8 heteroatoms. The lowest BCUT2D eigenvalue weighted by molar-refractivity contribution is 0.102. The van der Waals surface area contributed by atoms with Gasteiger partial charge in [0.05, 0.1) is 5.56 Å². The third-order valence-electron chi connectivity index (χ3n) is 4.05. The summed E-state index contributed by atoms with van der Waals surface area (Å²) in [5.74, 6) is 1.02. The van der Waals surface area contributed by atoms with Gasteiger partial charge < -0.3 is 26.3 Å². The minimum absolute atomic E-state index is 0.209. The summed E-state index contributed by atoms with van der Waals surface area (Å²) in [6.45, 7) is 5.99.